The Kier molecular flexibility index (Phi) is 3.74. The molecule has 4 atom stereocenters. The number of amides is 3. The molecule has 3 aliphatic rings. The van der Waals surface area contributed by atoms with E-state index in [2.05, 4.69) is 0 Å². The Morgan fingerprint density at radius 1 is 1.00 bits per heavy atom. The fourth-order valence-electron chi connectivity index (χ4n) is 4.87. The first-order valence-corrected chi connectivity index (χ1v) is 9.38. The van der Waals surface area contributed by atoms with Gasteiger partial charge in [-0.25, -0.2) is 4.90 Å². The van der Waals surface area contributed by atoms with Gasteiger partial charge in [0, 0.05) is 6.20 Å². The summed E-state index contributed by atoms with van der Waals surface area (Å²) >= 11 is 0. The Hall–Kier alpha value is -3.61. The van der Waals surface area contributed by atoms with Crippen molar-refractivity contribution in [3.05, 3.63) is 65.9 Å². The average molecular weight is 389 g/mol. The van der Waals surface area contributed by atoms with E-state index < -0.39 is 35.7 Å². The van der Waals surface area contributed by atoms with Crippen LogP contribution in [0.1, 0.15) is 17.2 Å². The third-order valence-corrected chi connectivity index (χ3v) is 6.08. The van der Waals surface area contributed by atoms with Crippen LogP contribution >= 0.6 is 0 Å². The number of carbonyl (C=O) groups is 3. The fraction of sp³-hybridized carbons (Fsp3) is 0.227. The number of hydrogen-bond donors (Lipinski definition) is 1. The van der Waals surface area contributed by atoms with Crippen LogP contribution in [0, 0.1) is 11.8 Å². The number of carbonyl (C=O) groups excluding carboxylic acids is 3. The zero-order chi connectivity index (χ0) is 20.3. The SMILES string of the molecule is COc1ccc(N2C(=O)[C@H]3[C@H](C2=O)[C@H](C(N)=O)N2C=Cc4ccccc4[C@H]32)cc1. The highest BCUT2D eigenvalue weighted by molar-refractivity contribution is 6.24. The topological polar surface area (TPSA) is 92.9 Å². The molecule has 0 aromatic heterocycles. The number of ether oxygens (including phenoxy) is 1. The van der Waals surface area contributed by atoms with Gasteiger partial charge < -0.3 is 15.4 Å². The summed E-state index contributed by atoms with van der Waals surface area (Å²) in [6.45, 7) is 0. The van der Waals surface area contributed by atoms with Crippen molar-refractivity contribution in [2.75, 3.05) is 12.0 Å². The molecule has 2 aromatic rings. The zero-order valence-corrected chi connectivity index (χ0v) is 15.7. The van der Waals surface area contributed by atoms with Crippen molar-refractivity contribution < 1.29 is 19.1 Å². The number of anilines is 1. The van der Waals surface area contributed by atoms with Gasteiger partial charge in [-0.1, -0.05) is 24.3 Å². The summed E-state index contributed by atoms with van der Waals surface area (Å²) in [5.74, 6) is -2.18. The minimum atomic E-state index is -0.866. The third-order valence-electron chi connectivity index (χ3n) is 6.08. The summed E-state index contributed by atoms with van der Waals surface area (Å²) in [6, 6.07) is 13.2. The predicted octanol–water partition coefficient (Wildman–Crippen LogP) is 1.70. The largest absolute Gasteiger partial charge is 0.497 e. The molecule has 3 aliphatic heterocycles. The normalized spacial score (nSPS) is 26.9. The highest BCUT2D eigenvalue weighted by Crippen LogP contribution is 2.53. The smallest absolute Gasteiger partial charge is 0.240 e. The molecule has 3 heterocycles. The first kappa shape index (κ1) is 17.5. The van der Waals surface area contributed by atoms with E-state index in [1.165, 1.54) is 4.90 Å². The molecule has 0 bridgehead atoms. The van der Waals surface area contributed by atoms with Gasteiger partial charge in [0.05, 0.1) is 30.7 Å². The molecule has 0 radical (unpaired) electrons. The number of rotatable bonds is 3. The molecule has 2 N–H and O–H groups in total. The van der Waals surface area contributed by atoms with Crippen LogP contribution < -0.4 is 15.4 Å². The molecule has 0 spiro atoms. The number of benzene rings is 2. The summed E-state index contributed by atoms with van der Waals surface area (Å²) in [5.41, 5.74) is 8.06. The minimum Gasteiger partial charge on any atom is -0.497 e. The molecule has 2 aromatic carbocycles. The molecule has 7 nitrogen and oxygen atoms in total. The number of methoxy groups -OCH3 is 1. The Labute approximate surface area is 167 Å². The first-order valence-electron chi connectivity index (χ1n) is 9.38. The van der Waals surface area contributed by atoms with Crippen molar-refractivity contribution >= 4 is 29.5 Å². The Morgan fingerprint density at radius 2 is 1.69 bits per heavy atom. The minimum absolute atomic E-state index is 0.311. The Bertz CT molecular complexity index is 1060. The van der Waals surface area contributed by atoms with Crippen LogP contribution in [0.25, 0.3) is 6.08 Å². The van der Waals surface area contributed by atoms with Gasteiger partial charge in [-0.3, -0.25) is 14.4 Å². The van der Waals surface area contributed by atoms with Gasteiger partial charge in [0.1, 0.15) is 11.8 Å². The highest BCUT2D eigenvalue weighted by atomic mass is 16.5. The second kappa shape index (κ2) is 6.20. The zero-order valence-electron chi connectivity index (χ0n) is 15.7. The van der Waals surface area contributed by atoms with E-state index in [0.717, 1.165) is 11.1 Å². The molecule has 0 saturated carbocycles. The van der Waals surface area contributed by atoms with Crippen molar-refractivity contribution in [1.82, 2.24) is 4.90 Å². The van der Waals surface area contributed by atoms with Crippen molar-refractivity contribution in [1.29, 1.82) is 0 Å². The van der Waals surface area contributed by atoms with E-state index in [0.29, 0.717) is 11.4 Å². The lowest BCUT2D eigenvalue weighted by molar-refractivity contribution is -0.129. The molecule has 146 valence electrons. The van der Waals surface area contributed by atoms with E-state index in [4.69, 9.17) is 10.5 Å². The number of primary amides is 1. The number of hydrogen-bond acceptors (Lipinski definition) is 5. The Balaban J connectivity index is 1.62. The number of nitrogens with two attached hydrogens (primary N) is 1. The standard InChI is InChI=1S/C22H19N3O4/c1-29-14-8-6-13(7-9-14)25-21(27)16-17(22(25)28)19(20(23)26)24-11-10-12-4-2-3-5-15(12)18(16)24/h2-11,16-19H,1H3,(H2,23,26)/t16-,17-,18+,19+/m0/s1. The van der Waals surface area contributed by atoms with E-state index in [1.54, 1.807) is 42.5 Å². The van der Waals surface area contributed by atoms with Crippen LogP contribution in [-0.2, 0) is 14.4 Å². The monoisotopic (exact) mass is 389 g/mol. The summed E-state index contributed by atoms with van der Waals surface area (Å²) < 4.78 is 5.15. The van der Waals surface area contributed by atoms with E-state index >= 15 is 0 Å². The van der Waals surface area contributed by atoms with Gasteiger partial charge in [-0.15, -0.1) is 0 Å². The summed E-state index contributed by atoms with van der Waals surface area (Å²) in [6.07, 6.45) is 3.66. The van der Waals surface area contributed by atoms with E-state index in [1.807, 2.05) is 30.3 Å². The summed E-state index contributed by atoms with van der Waals surface area (Å²) in [4.78, 5) is 42.1. The van der Waals surface area contributed by atoms with Gasteiger partial charge in [0.2, 0.25) is 17.7 Å². The quantitative estimate of drug-likeness (QED) is 0.807. The lowest BCUT2D eigenvalue weighted by Crippen LogP contribution is -2.46. The van der Waals surface area contributed by atoms with Crippen LogP contribution in [0.15, 0.2) is 54.7 Å². The molecule has 5 rings (SSSR count). The van der Waals surface area contributed by atoms with Crippen molar-refractivity contribution in [2.45, 2.75) is 12.1 Å². The first-order chi connectivity index (χ1) is 14.0. The molecular weight excluding hydrogens is 370 g/mol. The van der Waals surface area contributed by atoms with Crippen LogP contribution in [0.4, 0.5) is 5.69 Å². The maximum absolute atomic E-state index is 13.5. The second-order valence-electron chi connectivity index (χ2n) is 7.45. The van der Waals surface area contributed by atoms with Gasteiger partial charge in [0.15, 0.2) is 0 Å². The van der Waals surface area contributed by atoms with Crippen LogP contribution in [-0.4, -0.2) is 35.8 Å². The highest BCUT2D eigenvalue weighted by Gasteiger charge is 2.64. The lowest BCUT2D eigenvalue weighted by atomic mass is 9.84. The lowest BCUT2D eigenvalue weighted by Gasteiger charge is -2.34. The van der Waals surface area contributed by atoms with Crippen molar-refractivity contribution in [2.24, 2.45) is 17.6 Å². The second-order valence-corrected chi connectivity index (χ2v) is 7.45. The number of fused-ring (bicyclic) bond motifs is 5. The van der Waals surface area contributed by atoms with Crippen LogP contribution in [0.2, 0.25) is 0 Å². The number of imide groups is 1. The summed E-state index contributed by atoms with van der Waals surface area (Å²) in [5, 5.41) is 0. The van der Waals surface area contributed by atoms with Gasteiger partial charge in [-0.2, -0.15) is 0 Å². The molecule has 29 heavy (non-hydrogen) atoms. The molecule has 2 saturated heterocycles. The molecular formula is C22H19N3O4. The Morgan fingerprint density at radius 3 is 2.38 bits per heavy atom. The maximum Gasteiger partial charge on any atom is 0.240 e. The third kappa shape index (κ3) is 2.33. The molecule has 7 heteroatoms. The molecule has 0 unspecified atom stereocenters. The summed E-state index contributed by atoms with van der Waals surface area (Å²) in [7, 11) is 1.55. The van der Waals surface area contributed by atoms with Crippen molar-refractivity contribution in [3.63, 3.8) is 0 Å². The van der Waals surface area contributed by atoms with Gasteiger partial charge in [-0.05, 0) is 41.5 Å². The van der Waals surface area contributed by atoms with E-state index in [9.17, 15) is 14.4 Å². The van der Waals surface area contributed by atoms with Gasteiger partial charge >= 0.3 is 0 Å². The van der Waals surface area contributed by atoms with Crippen LogP contribution in [0.3, 0.4) is 0 Å². The fourth-order valence-corrected chi connectivity index (χ4v) is 4.87. The predicted molar refractivity (Wildman–Crippen MR) is 106 cm³/mol. The molecule has 2 fully saturated rings. The van der Waals surface area contributed by atoms with Crippen molar-refractivity contribution in [3.8, 4) is 5.75 Å². The van der Waals surface area contributed by atoms with Gasteiger partial charge in [0.25, 0.3) is 0 Å². The number of nitrogens with zero attached hydrogens (tertiary/aromatic N) is 2. The van der Waals surface area contributed by atoms with Crippen LogP contribution in [0.5, 0.6) is 5.75 Å². The average Bonchev–Trinajstić information content (AvgIpc) is 3.21. The van der Waals surface area contributed by atoms with E-state index in [-0.39, 0.29) is 5.91 Å². The maximum atomic E-state index is 13.5. The molecule has 0 aliphatic carbocycles. The molecule has 3 amide bonds.